The van der Waals surface area contributed by atoms with Gasteiger partial charge in [0.25, 0.3) is 0 Å². The fourth-order valence-corrected chi connectivity index (χ4v) is 2.65. The SMILES string of the molecule is CN=C(NCCCNC(=O)OC(C)(C)C)NCc1ccccc1Cn1cccn1.I. The summed E-state index contributed by atoms with van der Waals surface area (Å²) in [5, 5.41) is 13.6. The lowest BCUT2D eigenvalue weighted by Crippen LogP contribution is -2.39. The maximum atomic E-state index is 11.6. The molecule has 9 heteroatoms. The Morgan fingerprint density at radius 2 is 1.80 bits per heavy atom. The highest BCUT2D eigenvalue weighted by Gasteiger charge is 2.15. The Labute approximate surface area is 195 Å². The van der Waals surface area contributed by atoms with Crippen LogP contribution in [0, 0.1) is 0 Å². The van der Waals surface area contributed by atoms with Gasteiger partial charge in [-0.3, -0.25) is 9.67 Å². The van der Waals surface area contributed by atoms with Crippen molar-refractivity contribution in [3.05, 3.63) is 53.9 Å². The summed E-state index contributed by atoms with van der Waals surface area (Å²) in [5.74, 6) is 0.719. The molecule has 0 aliphatic heterocycles. The molecule has 2 aromatic rings. The standard InChI is InChI=1S/C21H32N6O2.HI/c1-21(2,3)29-20(28)24-12-7-11-23-19(22-4)25-15-17-9-5-6-10-18(17)16-27-14-8-13-26-27;/h5-6,8-10,13-14H,7,11-12,15-16H2,1-4H3,(H,24,28)(H2,22,23,25);1H. The van der Waals surface area contributed by atoms with Gasteiger partial charge in [-0.1, -0.05) is 24.3 Å². The molecule has 1 aromatic carbocycles. The van der Waals surface area contributed by atoms with Crippen LogP contribution in [-0.4, -0.2) is 47.6 Å². The van der Waals surface area contributed by atoms with Gasteiger partial charge >= 0.3 is 6.09 Å². The molecule has 1 amide bonds. The summed E-state index contributed by atoms with van der Waals surface area (Å²) in [4.78, 5) is 15.9. The fraction of sp³-hybridized carbons (Fsp3) is 0.476. The smallest absolute Gasteiger partial charge is 0.407 e. The van der Waals surface area contributed by atoms with Crippen molar-refractivity contribution in [3.8, 4) is 0 Å². The molecule has 0 aliphatic rings. The molecule has 0 saturated heterocycles. The van der Waals surface area contributed by atoms with Crippen LogP contribution < -0.4 is 16.0 Å². The first-order valence-corrected chi connectivity index (χ1v) is 9.83. The Kier molecular flexibility index (Phi) is 11.2. The topological polar surface area (TPSA) is 92.6 Å². The van der Waals surface area contributed by atoms with Crippen molar-refractivity contribution in [1.29, 1.82) is 0 Å². The summed E-state index contributed by atoms with van der Waals surface area (Å²) < 4.78 is 7.12. The van der Waals surface area contributed by atoms with Crippen LogP contribution in [0.4, 0.5) is 4.79 Å². The van der Waals surface area contributed by atoms with E-state index in [2.05, 4.69) is 38.2 Å². The van der Waals surface area contributed by atoms with Crippen molar-refractivity contribution >= 4 is 36.0 Å². The largest absolute Gasteiger partial charge is 0.444 e. The Hall–Kier alpha value is -2.30. The molecule has 0 bridgehead atoms. The number of hydrogen-bond acceptors (Lipinski definition) is 4. The molecule has 0 spiro atoms. The van der Waals surface area contributed by atoms with Crippen molar-refractivity contribution in [3.63, 3.8) is 0 Å². The lowest BCUT2D eigenvalue weighted by Gasteiger charge is -2.19. The Bertz CT molecular complexity index is 787. The number of hydrogen-bond donors (Lipinski definition) is 3. The lowest BCUT2D eigenvalue weighted by molar-refractivity contribution is 0.0527. The molecule has 0 fully saturated rings. The third-order valence-electron chi connectivity index (χ3n) is 3.99. The number of amides is 1. The third kappa shape index (κ3) is 9.95. The first-order chi connectivity index (χ1) is 13.9. The normalized spacial score (nSPS) is 11.4. The molecular formula is C21H33IN6O2. The quantitative estimate of drug-likeness (QED) is 0.212. The van der Waals surface area contributed by atoms with Gasteiger partial charge in [-0.25, -0.2) is 4.79 Å². The maximum absolute atomic E-state index is 11.6. The third-order valence-corrected chi connectivity index (χ3v) is 3.99. The van der Waals surface area contributed by atoms with Gasteiger partial charge in [0.2, 0.25) is 0 Å². The van der Waals surface area contributed by atoms with Crippen LogP contribution in [0.25, 0.3) is 0 Å². The van der Waals surface area contributed by atoms with E-state index in [0.717, 1.165) is 18.9 Å². The van der Waals surface area contributed by atoms with Crippen LogP contribution in [0.2, 0.25) is 0 Å². The van der Waals surface area contributed by atoms with Crippen LogP contribution in [0.5, 0.6) is 0 Å². The average molecular weight is 528 g/mol. The molecule has 0 atom stereocenters. The van der Waals surface area contributed by atoms with E-state index in [9.17, 15) is 4.79 Å². The molecule has 1 aromatic heterocycles. The van der Waals surface area contributed by atoms with Gasteiger partial charge in [-0.15, -0.1) is 24.0 Å². The van der Waals surface area contributed by atoms with Crippen LogP contribution in [0.3, 0.4) is 0 Å². The highest BCUT2D eigenvalue weighted by molar-refractivity contribution is 14.0. The zero-order valence-electron chi connectivity index (χ0n) is 18.1. The molecule has 1 heterocycles. The molecule has 30 heavy (non-hydrogen) atoms. The van der Waals surface area contributed by atoms with E-state index in [1.54, 1.807) is 13.2 Å². The van der Waals surface area contributed by atoms with Crippen molar-refractivity contribution in [2.24, 2.45) is 4.99 Å². The van der Waals surface area contributed by atoms with Crippen LogP contribution in [0.15, 0.2) is 47.7 Å². The van der Waals surface area contributed by atoms with E-state index in [1.165, 1.54) is 11.1 Å². The zero-order valence-corrected chi connectivity index (χ0v) is 20.5. The molecular weight excluding hydrogens is 495 g/mol. The van der Waals surface area contributed by atoms with Crippen molar-refractivity contribution in [1.82, 2.24) is 25.7 Å². The van der Waals surface area contributed by atoms with E-state index >= 15 is 0 Å². The molecule has 8 nitrogen and oxygen atoms in total. The van der Waals surface area contributed by atoms with Gasteiger partial charge in [0.15, 0.2) is 5.96 Å². The molecule has 0 unspecified atom stereocenters. The second-order valence-corrected chi connectivity index (χ2v) is 7.61. The number of aromatic nitrogens is 2. The highest BCUT2D eigenvalue weighted by Crippen LogP contribution is 2.10. The summed E-state index contributed by atoms with van der Waals surface area (Å²) >= 11 is 0. The van der Waals surface area contributed by atoms with E-state index in [0.29, 0.717) is 19.6 Å². The minimum atomic E-state index is -0.484. The van der Waals surface area contributed by atoms with Gasteiger partial charge in [0, 0.05) is 39.1 Å². The summed E-state index contributed by atoms with van der Waals surface area (Å²) in [7, 11) is 1.74. The number of benzene rings is 1. The summed E-state index contributed by atoms with van der Waals surface area (Å²) in [5.41, 5.74) is 1.92. The number of rotatable bonds is 8. The van der Waals surface area contributed by atoms with Crippen molar-refractivity contribution in [2.75, 3.05) is 20.1 Å². The van der Waals surface area contributed by atoms with Crippen LogP contribution in [0.1, 0.15) is 38.3 Å². The number of nitrogens with zero attached hydrogens (tertiary/aromatic N) is 3. The summed E-state index contributed by atoms with van der Waals surface area (Å²) in [6.45, 7) is 8.14. The molecule has 0 saturated carbocycles. The predicted octanol–water partition coefficient (Wildman–Crippen LogP) is 3.13. The number of aliphatic imine (C=N–C) groups is 1. The van der Waals surface area contributed by atoms with Gasteiger partial charge < -0.3 is 20.7 Å². The molecule has 0 aliphatic carbocycles. The van der Waals surface area contributed by atoms with Crippen LogP contribution >= 0.6 is 24.0 Å². The number of halogens is 1. The number of carbonyl (C=O) groups excluding carboxylic acids is 1. The average Bonchev–Trinajstić information content (AvgIpc) is 3.16. The van der Waals surface area contributed by atoms with Gasteiger partial charge in [-0.05, 0) is 44.4 Å². The maximum Gasteiger partial charge on any atom is 0.407 e. The van der Waals surface area contributed by atoms with E-state index in [1.807, 2.05) is 49.8 Å². The Morgan fingerprint density at radius 1 is 1.10 bits per heavy atom. The lowest BCUT2D eigenvalue weighted by atomic mass is 10.1. The highest BCUT2D eigenvalue weighted by atomic mass is 127. The van der Waals surface area contributed by atoms with E-state index < -0.39 is 11.7 Å². The van der Waals surface area contributed by atoms with Crippen molar-refractivity contribution < 1.29 is 9.53 Å². The first-order valence-electron chi connectivity index (χ1n) is 9.83. The second kappa shape index (κ2) is 13.1. The number of alkyl carbamates (subject to hydrolysis) is 1. The number of guanidine groups is 1. The zero-order chi connectivity index (χ0) is 21.1. The van der Waals surface area contributed by atoms with Gasteiger partial charge in [-0.2, -0.15) is 5.10 Å². The minimum Gasteiger partial charge on any atom is -0.444 e. The molecule has 0 radical (unpaired) electrons. The van der Waals surface area contributed by atoms with Crippen LogP contribution in [-0.2, 0) is 17.8 Å². The second-order valence-electron chi connectivity index (χ2n) is 7.61. The first kappa shape index (κ1) is 25.7. The molecule has 3 N–H and O–H groups in total. The van der Waals surface area contributed by atoms with E-state index in [-0.39, 0.29) is 24.0 Å². The number of carbonyl (C=O) groups is 1. The molecule has 2 rings (SSSR count). The minimum absolute atomic E-state index is 0. The summed E-state index contributed by atoms with van der Waals surface area (Å²) in [6.07, 6.45) is 4.10. The Balaban J connectivity index is 0.00000450. The molecule has 166 valence electrons. The summed E-state index contributed by atoms with van der Waals surface area (Å²) in [6, 6.07) is 10.2. The van der Waals surface area contributed by atoms with Crippen molar-refractivity contribution in [2.45, 2.75) is 45.9 Å². The van der Waals surface area contributed by atoms with E-state index in [4.69, 9.17) is 4.74 Å². The fourth-order valence-electron chi connectivity index (χ4n) is 2.65. The predicted molar refractivity (Wildman–Crippen MR) is 130 cm³/mol. The van der Waals surface area contributed by atoms with Gasteiger partial charge in [0.1, 0.15) is 5.60 Å². The monoisotopic (exact) mass is 528 g/mol. The number of nitrogens with one attached hydrogen (secondary N) is 3. The Morgan fingerprint density at radius 3 is 2.43 bits per heavy atom. The number of ether oxygens (including phenoxy) is 1. The van der Waals surface area contributed by atoms with Gasteiger partial charge in [0.05, 0.1) is 6.54 Å².